The first-order valence-electron chi connectivity index (χ1n) is 6.76. The highest BCUT2D eigenvalue weighted by Gasteiger charge is 2.23. The van der Waals surface area contributed by atoms with Gasteiger partial charge < -0.3 is 10.6 Å². The smallest absolute Gasteiger partial charge is 0.238 e. The van der Waals surface area contributed by atoms with Crippen molar-refractivity contribution in [1.29, 1.82) is 0 Å². The molecule has 0 saturated carbocycles. The van der Waals surface area contributed by atoms with Gasteiger partial charge in [-0.2, -0.15) is 0 Å². The highest BCUT2D eigenvalue weighted by atomic mass is 16.2. The number of amides is 1. The van der Waals surface area contributed by atoms with Gasteiger partial charge in [0.25, 0.3) is 0 Å². The third kappa shape index (κ3) is 3.33. The summed E-state index contributed by atoms with van der Waals surface area (Å²) in [6.45, 7) is 8.55. The fraction of sp³-hybridized carbons (Fsp3) is 0.533. The Morgan fingerprint density at radius 2 is 1.89 bits per heavy atom. The van der Waals surface area contributed by atoms with E-state index in [1.165, 1.54) is 5.56 Å². The number of rotatable bonds is 4. The molecule has 1 aliphatic heterocycles. The van der Waals surface area contributed by atoms with Crippen LogP contribution in [0.2, 0.25) is 0 Å². The molecule has 0 aromatic heterocycles. The molecule has 0 bridgehead atoms. The van der Waals surface area contributed by atoms with Crippen molar-refractivity contribution >= 4 is 11.6 Å². The monoisotopic (exact) mass is 261 g/mol. The van der Waals surface area contributed by atoms with Crippen molar-refractivity contribution in [3.63, 3.8) is 0 Å². The van der Waals surface area contributed by atoms with E-state index in [1.807, 2.05) is 20.9 Å². The standard InChI is InChI=1S/C15H23N3O/c1-10-5-11(2)15(12(3)6-10)17-14(19)9-18(4)13-7-16-8-13/h5-6,13,16H,7-9H2,1-4H3,(H,17,19). The minimum atomic E-state index is 0.0597. The molecule has 1 aliphatic rings. The lowest BCUT2D eigenvalue weighted by Crippen LogP contribution is -2.57. The number of likely N-dealkylation sites (N-methyl/N-ethyl adjacent to an activating group) is 1. The number of nitrogens with zero attached hydrogens (tertiary/aromatic N) is 1. The van der Waals surface area contributed by atoms with E-state index in [0.717, 1.165) is 29.9 Å². The van der Waals surface area contributed by atoms with Gasteiger partial charge in [0.05, 0.1) is 6.54 Å². The van der Waals surface area contributed by atoms with Crippen LogP contribution in [0.5, 0.6) is 0 Å². The van der Waals surface area contributed by atoms with E-state index in [2.05, 4.69) is 34.6 Å². The zero-order chi connectivity index (χ0) is 14.0. The first-order chi connectivity index (χ1) is 8.97. The van der Waals surface area contributed by atoms with Crippen molar-refractivity contribution in [1.82, 2.24) is 10.2 Å². The van der Waals surface area contributed by atoms with E-state index >= 15 is 0 Å². The molecule has 4 nitrogen and oxygen atoms in total. The van der Waals surface area contributed by atoms with Gasteiger partial charge in [-0.3, -0.25) is 9.69 Å². The second-order valence-electron chi connectivity index (χ2n) is 5.55. The number of benzene rings is 1. The van der Waals surface area contributed by atoms with E-state index in [9.17, 15) is 4.79 Å². The van der Waals surface area contributed by atoms with E-state index in [4.69, 9.17) is 0 Å². The summed E-state index contributed by atoms with van der Waals surface area (Å²) in [5.74, 6) is 0.0597. The summed E-state index contributed by atoms with van der Waals surface area (Å²) >= 11 is 0. The maximum Gasteiger partial charge on any atom is 0.238 e. The third-order valence-electron chi connectivity index (χ3n) is 3.72. The van der Waals surface area contributed by atoms with E-state index in [1.54, 1.807) is 0 Å². The van der Waals surface area contributed by atoms with Gasteiger partial charge in [-0.1, -0.05) is 17.7 Å². The molecule has 0 atom stereocenters. The summed E-state index contributed by atoms with van der Waals surface area (Å²) in [5, 5.41) is 6.25. The minimum absolute atomic E-state index is 0.0597. The van der Waals surface area contributed by atoms with Gasteiger partial charge in [0, 0.05) is 24.8 Å². The van der Waals surface area contributed by atoms with Gasteiger partial charge in [0.15, 0.2) is 0 Å². The van der Waals surface area contributed by atoms with Crippen LogP contribution >= 0.6 is 0 Å². The van der Waals surface area contributed by atoms with Crippen LogP contribution in [0.15, 0.2) is 12.1 Å². The molecule has 1 aromatic carbocycles. The van der Waals surface area contributed by atoms with Gasteiger partial charge in [0.1, 0.15) is 0 Å². The van der Waals surface area contributed by atoms with Gasteiger partial charge in [-0.25, -0.2) is 0 Å². The fourth-order valence-electron chi connectivity index (χ4n) is 2.50. The molecule has 4 heteroatoms. The van der Waals surface area contributed by atoms with Crippen molar-refractivity contribution < 1.29 is 4.79 Å². The molecule has 1 saturated heterocycles. The van der Waals surface area contributed by atoms with Crippen molar-refractivity contribution in [3.05, 3.63) is 28.8 Å². The van der Waals surface area contributed by atoms with Crippen LogP contribution in [-0.4, -0.2) is 43.5 Å². The molecular formula is C15H23N3O. The summed E-state index contributed by atoms with van der Waals surface area (Å²) in [6.07, 6.45) is 0. The number of carbonyl (C=O) groups excluding carboxylic acids is 1. The lowest BCUT2D eigenvalue weighted by molar-refractivity contribution is -0.117. The van der Waals surface area contributed by atoms with Crippen molar-refractivity contribution in [3.8, 4) is 0 Å². The summed E-state index contributed by atoms with van der Waals surface area (Å²) in [4.78, 5) is 14.2. The van der Waals surface area contributed by atoms with Crippen LogP contribution in [0.3, 0.4) is 0 Å². The molecule has 0 aliphatic carbocycles. The molecule has 1 heterocycles. The van der Waals surface area contributed by atoms with Crippen LogP contribution in [0.4, 0.5) is 5.69 Å². The Balaban J connectivity index is 1.98. The van der Waals surface area contributed by atoms with E-state index in [-0.39, 0.29) is 5.91 Å². The molecule has 2 rings (SSSR count). The first kappa shape index (κ1) is 14.0. The number of carbonyl (C=O) groups is 1. The minimum Gasteiger partial charge on any atom is -0.324 e. The van der Waals surface area contributed by atoms with Crippen LogP contribution < -0.4 is 10.6 Å². The first-order valence-corrected chi connectivity index (χ1v) is 6.76. The second-order valence-corrected chi connectivity index (χ2v) is 5.55. The zero-order valence-corrected chi connectivity index (χ0v) is 12.2. The SMILES string of the molecule is Cc1cc(C)c(NC(=O)CN(C)C2CNC2)c(C)c1. The number of hydrogen-bond donors (Lipinski definition) is 2. The van der Waals surface area contributed by atoms with Gasteiger partial charge in [0.2, 0.25) is 5.91 Å². The zero-order valence-electron chi connectivity index (χ0n) is 12.2. The molecule has 1 amide bonds. The Kier molecular flexibility index (Phi) is 4.22. The Bertz CT molecular complexity index is 457. The van der Waals surface area contributed by atoms with Crippen LogP contribution in [-0.2, 0) is 4.79 Å². The predicted molar refractivity (Wildman–Crippen MR) is 78.6 cm³/mol. The largest absolute Gasteiger partial charge is 0.324 e. The Labute approximate surface area is 115 Å². The topological polar surface area (TPSA) is 44.4 Å². The van der Waals surface area contributed by atoms with Crippen LogP contribution in [0.25, 0.3) is 0 Å². The van der Waals surface area contributed by atoms with Crippen LogP contribution in [0, 0.1) is 20.8 Å². The lowest BCUT2D eigenvalue weighted by atomic mass is 10.1. The quantitative estimate of drug-likeness (QED) is 0.862. The molecule has 2 N–H and O–H groups in total. The van der Waals surface area contributed by atoms with Gasteiger partial charge >= 0.3 is 0 Å². The maximum atomic E-state index is 12.1. The molecule has 1 aromatic rings. The molecular weight excluding hydrogens is 238 g/mol. The number of hydrogen-bond acceptors (Lipinski definition) is 3. The fourth-order valence-corrected chi connectivity index (χ4v) is 2.50. The van der Waals surface area contributed by atoms with Crippen molar-refractivity contribution in [2.75, 3.05) is 32.0 Å². The Morgan fingerprint density at radius 3 is 2.37 bits per heavy atom. The maximum absolute atomic E-state index is 12.1. The van der Waals surface area contributed by atoms with Crippen LogP contribution in [0.1, 0.15) is 16.7 Å². The summed E-state index contributed by atoms with van der Waals surface area (Å²) in [7, 11) is 2.00. The summed E-state index contributed by atoms with van der Waals surface area (Å²) < 4.78 is 0. The number of anilines is 1. The molecule has 1 fully saturated rings. The van der Waals surface area contributed by atoms with Gasteiger partial charge in [-0.15, -0.1) is 0 Å². The van der Waals surface area contributed by atoms with Gasteiger partial charge in [-0.05, 0) is 38.9 Å². The molecule has 0 radical (unpaired) electrons. The molecule has 19 heavy (non-hydrogen) atoms. The van der Waals surface area contributed by atoms with Crippen molar-refractivity contribution in [2.45, 2.75) is 26.8 Å². The predicted octanol–water partition coefficient (Wildman–Crippen LogP) is 1.45. The van der Waals surface area contributed by atoms with E-state index < -0.39 is 0 Å². The second kappa shape index (κ2) is 5.72. The Hall–Kier alpha value is -1.39. The highest BCUT2D eigenvalue weighted by molar-refractivity contribution is 5.93. The molecule has 0 spiro atoms. The summed E-state index contributed by atoms with van der Waals surface area (Å²) in [5.41, 5.74) is 4.43. The average molecular weight is 261 g/mol. The molecule has 0 unspecified atom stereocenters. The lowest BCUT2D eigenvalue weighted by Gasteiger charge is -2.35. The summed E-state index contributed by atoms with van der Waals surface area (Å²) in [6, 6.07) is 4.69. The highest BCUT2D eigenvalue weighted by Crippen LogP contribution is 2.21. The Morgan fingerprint density at radius 1 is 1.32 bits per heavy atom. The molecule has 104 valence electrons. The third-order valence-corrected chi connectivity index (χ3v) is 3.72. The van der Waals surface area contributed by atoms with Crippen molar-refractivity contribution in [2.24, 2.45) is 0 Å². The van der Waals surface area contributed by atoms with E-state index in [0.29, 0.717) is 12.6 Å². The number of nitrogens with one attached hydrogen (secondary N) is 2. The average Bonchev–Trinajstić information content (AvgIpc) is 2.20. The normalized spacial score (nSPS) is 15.4. The number of aryl methyl sites for hydroxylation is 3.